The molecule has 2 aromatic rings. The van der Waals surface area contributed by atoms with Gasteiger partial charge in [-0.1, -0.05) is 24.3 Å². The molecule has 3 N–H and O–H groups in total. The number of pyridine rings is 1. The van der Waals surface area contributed by atoms with E-state index in [1.807, 2.05) is 36.4 Å². The van der Waals surface area contributed by atoms with Gasteiger partial charge in [-0.15, -0.1) is 0 Å². The molecule has 80 valence electrons. The smallest absolute Gasteiger partial charge is 0.166 e. The number of para-hydroxylation sites is 1. The third-order valence-electron chi connectivity index (χ3n) is 2.18. The lowest BCUT2D eigenvalue weighted by molar-refractivity contribution is 1.09. The molecule has 0 saturated heterocycles. The molecule has 2 rings (SSSR count). The summed E-state index contributed by atoms with van der Waals surface area (Å²) in [4.78, 5) is 4.08. The van der Waals surface area contributed by atoms with E-state index in [0.29, 0.717) is 5.69 Å². The summed E-state index contributed by atoms with van der Waals surface area (Å²) >= 11 is 0. The average molecular weight is 212 g/mol. The van der Waals surface area contributed by atoms with E-state index in [-0.39, 0.29) is 5.84 Å². The van der Waals surface area contributed by atoms with Gasteiger partial charge in [-0.05, 0) is 24.3 Å². The number of nitrogens with two attached hydrogens (primary N) is 1. The molecule has 0 spiro atoms. The maximum Gasteiger partial charge on any atom is 0.166 e. The molecule has 0 unspecified atom stereocenters. The van der Waals surface area contributed by atoms with Crippen molar-refractivity contribution >= 4 is 11.5 Å². The second-order valence-electron chi connectivity index (χ2n) is 3.27. The van der Waals surface area contributed by atoms with E-state index in [0.717, 1.165) is 5.69 Å². The number of rotatable bonds is 2. The molecular weight excluding hydrogens is 200 g/mol. The minimum absolute atomic E-state index is 0.173. The standard InChI is InChI=1S/C12H12N4/c13-12(11-8-4-5-9-15-11)16(14)10-6-2-1-3-7-10/h1-9,13H,14H2. The van der Waals surface area contributed by atoms with Crippen LogP contribution in [-0.2, 0) is 0 Å². The van der Waals surface area contributed by atoms with Gasteiger partial charge in [0.25, 0.3) is 0 Å². The van der Waals surface area contributed by atoms with Crippen molar-refractivity contribution in [3.05, 3.63) is 60.4 Å². The van der Waals surface area contributed by atoms with Crippen molar-refractivity contribution in [2.45, 2.75) is 0 Å². The molecule has 0 aliphatic rings. The SMILES string of the molecule is N=C(c1ccccn1)N(N)c1ccccc1. The summed E-state index contributed by atoms with van der Waals surface area (Å²) in [6.07, 6.45) is 1.64. The topological polar surface area (TPSA) is 66.0 Å². The number of amidine groups is 1. The number of hydrazine groups is 1. The molecule has 0 bridgehead atoms. The highest BCUT2D eigenvalue weighted by molar-refractivity contribution is 6.05. The summed E-state index contributed by atoms with van der Waals surface area (Å²) < 4.78 is 0. The van der Waals surface area contributed by atoms with Crippen LogP contribution in [-0.4, -0.2) is 10.8 Å². The van der Waals surface area contributed by atoms with Gasteiger partial charge in [0.15, 0.2) is 5.84 Å². The first-order valence-electron chi connectivity index (χ1n) is 4.89. The van der Waals surface area contributed by atoms with Gasteiger partial charge in [-0.2, -0.15) is 0 Å². The van der Waals surface area contributed by atoms with Crippen molar-refractivity contribution in [1.82, 2.24) is 4.98 Å². The maximum absolute atomic E-state index is 7.91. The van der Waals surface area contributed by atoms with E-state index in [4.69, 9.17) is 11.3 Å². The van der Waals surface area contributed by atoms with Gasteiger partial charge in [0.2, 0.25) is 0 Å². The molecule has 0 aliphatic carbocycles. The Bertz CT molecular complexity index is 467. The zero-order valence-corrected chi connectivity index (χ0v) is 8.67. The Hall–Kier alpha value is -2.20. The molecule has 0 fully saturated rings. The Morgan fingerprint density at radius 1 is 1.06 bits per heavy atom. The molecule has 4 heteroatoms. The average Bonchev–Trinajstić information content (AvgIpc) is 2.39. The minimum Gasteiger partial charge on any atom is -0.281 e. The van der Waals surface area contributed by atoms with Gasteiger partial charge < -0.3 is 0 Å². The summed E-state index contributed by atoms with van der Waals surface area (Å²) in [7, 11) is 0. The van der Waals surface area contributed by atoms with Gasteiger partial charge >= 0.3 is 0 Å². The molecule has 0 radical (unpaired) electrons. The second kappa shape index (κ2) is 4.55. The van der Waals surface area contributed by atoms with Gasteiger partial charge in [-0.25, -0.2) is 5.84 Å². The number of hydrogen-bond donors (Lipinski definition) is 2. The van der Waals surface area contributed by atoms with E-state index >= 15 is 0 Å². The number of anilines is 1. The summed E-state index contributed by atoms with van der Waals surface area (Å²) in [5.74, 6) is 6.01. The molecule has 0 saturated carbocycles. The fraction of sp³-hybridized carbons (Fsp3) is 0. The lowest BCUT2D eigenvalue weighted by Crippen LogP contribution is -2.37. The second-order valence-corrected chi connectivity index (χ2v) is 3.27. The Labute approximate surface area is 93.8 Å². The van der Waals surface area contributed by atoms with Crippen molar-refractivity contribution in [3.63, 3.8) is 0 Å². The van der Waals surface area contributed by atoms with Gasteiger partial charge in [0.1, 0.15) is 5.69 Å². The lowest BCUT2D eigenvalue weighted by Gasteiger charge is -2.18. The highest BCUT2D eigenvalue weighted by atomic mass is 15.4. The van der Waals surface area contributed by atoms with Crippen molar-refractivity contribution in [3.8, 4) is 0 Å². The highest BCUT2D eigenvalue weighted by Crippen LogP contribution is 2.11. The van der Waals surface area contributed by atoms with Crippen LogP contribution in [0.4, 0.5) is 5.69 Å². The van der Waals surface area contributed by atoms with Crippen molar-refractivity contribution < 1.29 is 0 Å². The van der Waals surface area contributed by atoms with Crippen molar-refractivity contribution in [2.75, 3.05) is 5.01 Å². The first-order valence-corrected chi connectivity index (χ1v) is 4.89. The number of nitrogens with one attached hydrogen (secondary N) is 1. The quantitative estimate of drug-likeness (QED) is 0.345. The molecule has 16 heavy (non-hydrogen) atoms. The fourth-order valence-corrected chi connectivity index (χ4v) is 1.34. The summed E-state index contributed by atoms with van der Waals surface area (Å²) in [5.41, 5.74) is 1.31. The zero-order chi connectivity index (χ0) is 11.4. The first kappa shape index (κ1) is 10.3. The molecule has 1 heterocycles. The van der Waals surface area contributed by atoms with Crippen LogP contribution in [0.1, 0.15) is 5.69 Å². The maximum atomic E-state index is 7.91. The number of benzene rings is 1. The van der Waals surface area contributed by atoms with Crippen molar-refractivity contribution in [2.24, 2.45) is 5.84 Å². The van der Waals surface area contributed by atoms with Crippen LogP contribution in [0.3, 0.4) is 0 Å². The zero-order valence-electron chi connectivity index (χ0n) is 8.67. The molecule has 1 aromatic carbocycles. The third-order valence-corrected chi connectivity index (χ3v) is 2.18. The molecule has 0 atom stereocenters. The summed E-state index contributed by atoms with van der Waals surface area (Å²) in [5, 5.41) is 9.22. The normalized spacial score (nSPS) is 9.81. The van der Waals surface area contributed by atoms with Crippen LogP contribution < -0.4 is 10.9 Å². The van der Waals surface area contributed by atoms with Crippen LogP contribution in [0, 0.1) is 5.41 Å². The van der Waals surface area contributed by atoms with Gasteiger partial charge in [-0.3, -0.25) is 15.4 Å². The molecule has 0 amide bonds. The van der Waals surface area contributed by atoms with E-state index < -0.39 is 0 Å². The Morgan fingerprint density at radius 2 is 1.75 bits per heavy atom. The summed E-state index contributed by atoms with van der Waals surface area (Å²) in [6, 6.07) is 14.7. The summed E-state index contributed by atoms with van der Waals surface area (Å²) in [6.45, 7) is 0. The third kappa shape index (κ3) is 2.07. The van der Waals surface area contributed by atoms with E-state index in [2.05, 4.69) is 4.98 Å². The monoisotopic (exact) mass is 212 g/mol. The Balaban J connectivity index is 2.24. The fourth-order valence-electron chi connectivity index (χ4n) is 1.34. The van der Waals surface area contributed by atoms with Crippen LogP contribution in [0.2, 0.25) is 0 Å². The predicted octanol–water partition coefficient (Wildman–Crippen LogP) is 1.79. The predicted molar refractivity (Wildman–Crippen MR) is 64.2 cm³/mol. The van der Waals surface area contributed by atoms with Gasteiger partial charge in [0.05, 0.1) is 5.69 Å². The molecule has 4 nitrogen and oxygen atoms in total. The van der Waals surface area contributed by atoms with E-state index in [1.54, 1.807) is 18.3 Å². The first-order chi connectivity index (χ1) is 7.79. The Kier molecular flexibility index (Phi) is 2.93. The molecule has 1 aromatic heterocycles. The number of hydrogen-bond acceptors (Lipinski definition) is 3. The van der Waals surface area contributed by atoms with E-state index in [9.17, 15) is 0 Å². The van der Waals surface area contributed by atoms with Crippen molar-refractivity contribution in [1.29, 1.82) is 5.41 Å². The number of nitrogens with zero attached hydrogens (tertiary/aromatic N) is 2. The van der Waals surface area contributed by atoms with Crippen LogP contribution in [0.15, 0.2) is 54.7 Å². The highest BCUT2D eigenvalue weighted by Gasteiger charge is 2.10. The molecular formula is C12H12N4. The lowest BCUT2D eigenvalue weighted by atomic mass is 10.2. The van der Waals surface area contributed by atoms with Crippen LogP contribution in [0.5, 0.6) is 0 Å². The molecule has 0 aliphatic heterocycles. The largest absolute Gasteiger partial charge is 0.281 e. The van der Waals surface area contributed by atoms with E-state index in [1.165, 1.54) is 5.01 Å². The minimum atomic E-state index is 0.173. The Morgan fingerprint density at radius 3 is 2.38 bits per heavy atom. The van der Waals surface area contributed by atoms with Crippen LogP contribution >= 0.6 is 0 Å². The van der Waals surface area contributed by atoms with Crippen LogP contribution in [0.25, 0.3) is 0 Å². The van der Waals surface area contributed by atoms with Gasteiger partial charge in [0, 0.05) is 6.20 Å². The number of aromatic nitrogens is 1.